The highest BCUT2D eigenvalue weighted by molar-refractivity contribution is 5.76. The normalized spacial score (nSPS) is 11.9. The Kier molecular flexibility index (Phi) is 7.34. The third kappa shape index (κ3) is 6.66. The molecule has 2 aromatic rings. The maximum Gasteiger partial charge on any atom is 0.221 e. The van der Waals surface area contributed by atoms with Crippen molar-refractivity contribution in [1.29, 1.82) is 0 Å². The van der Waals surface area contributed by atoms with Crippen LogP contribution >= 0.6 is 0 Å². The molecule has 0 aliphatic heterocycles. The molecule has 2 rings (SSSR count). The summed E-state index contributed by atoms with van der Waals surface area (Å²) < 4.78 is 0. The Morgan fingerprint density at radius 2 is 1.61 bits per heavy atom. The van der Waals surface area contributed by atoms with E-state index < -0.39 is 0 Å². The second-order valence-corrected chi connectivity index (χ2v) is 5.78. The van der Waals surface area contributed by atoms with Crippen LogP contribution in [0.1, 0.15) is 36.9 Å². The van der Waals surface area contributed by atoms with Crippen LogP contribution in [0.5, 0.6) is 0 Å². The van der Waals surface area contributed by atoms with Gasteiger partial charge in [0.2, 0.25) is 5.91 Å². The van der Waals surface area contributed by atoms with Gasteiger partial charge in [0.1, 0.15) is 0 Å². The second-order valence-electron chi connectivity index (χ2n) is 5.78. The van der Waals surface area contributed by atoms with Crippen molar-refractivity contribution in [3.63, 3.8) is 0 Å². The number of nitrogens with one attached hydrogen (secondary N) is 2. The lowest BCUT2D eigenvalue weighted by molar-refractivity contribution is -0.121. The minimum absolute atomic E-state index is 0.117. The average molecular weight is 310 g/mol. The number of benzene rings is 2. The summed E-state index contributed by atoms with van der Waals surface area (Å²) in [7, 11) is 0. The van der Waals surface area contributed by atoms with Crippen LogP contribution in [0, 0.1) is 0 Å². The summed E-state index contributed by atoms with van der Waals surface area (Å²) in [5, 5.41) is 6.37. The number of rotatable bonds is 9. The Morgan fingerprint density at radius 1 is 0.957 bits per heavy atom. The van der Waals surface area contributed by atoms with Crippen LogP contribution in [-0.2, 0) is 11.2 Å². The van der Waals surface area contributed by atoms with Crippen molar-refractivity contribution in [3.8, 4) is 0 Å². The molecule has 0 aliphatic rings. The van der Waals surface area contributed by atoms with Gasteiger partial charge in [-0.1, -0.05) is 60.7 Å². The van der Waals surface area contributed by atoms with Crippen LogP contribution < -0.4 is 10.6 Å². The molecule has 0 bridgehead atoms. The smallest absolute Gasteiger partial charge is 0.221 e. The molecule has 0 spiro atoms. The molecular weight excluding hydrogens is 284 g/mol. The van der Waals surface area contributed by atoms with Crippen LogP contribution in [-0.4, -0.2) is 19.0 Å². The van der Waals surface area contributed by atoms with Crippen molar-refractivity contribution in [2.45, 2.75) is 32.2 Å². The summed E-state index contributed by atoms with van der Waals surface area (Å²) in [6.07, 6.45) is 2.50. The molecule has 2 aromatic carbocycles. The maximum atomic E-state index is 11.8. The molecule has 0 heterocycles. The molecule has 1 atom stereocenters. The van der Waals surface area contributed by atoms with Crippen molar-refractivity contribution in [1.82, 2.24) is 10.6 Å². The van der Waals surface area contributed by atoms with Gasteiger partial charge in [0.05, 0.1) is 0 Å². The number of carbonyl (C=O) groups excluding carboxylic acids is 1. The minimum atomic E-state index is 0.117. The topological polar surface area (TPSA) is 41.1 Å². The minimum Gasteiger partial charge on any atom is -0.356 e. The Morgan fingerprint density at radius 3 is 2.30 bits per heavy atom. The van der Waals surface area contributed by atoms with Gasteiger partial charge in [0.25, 0.3) is 0 Å². The fraction of sp³-hybridized carbons (Fsp3) is 0.350. The second kappa shape index (κ2) is 9.80. The van der Waals surface area contributed by atoms with Crippen molar-refractivity contribution in [3.05, 3.63) is 71.8 Å². The standard InChI is InChI=1S/C20H26N2O/c1-17(19-12-6-3-7-13-19)21-16-14-20(23)22-15-8-11-18-9-4-2-5-10-18/h2-7,9-10,12-13,17,21H,8,11,14-16H2,1H3,(H,22,23). The number of amides is 1. The van der Waals surface area contributed by atoms with Crippen molar-refractivity contribution < 1.29 is 4.79 Å². The van der Waals surface area contributed by atoms with E-state index in [1.807, 2.05) is 36.4 Å². The van der Waals surface area contributed by atoms with Gasteiger partial charge in [-0.05, 0) is 30.9 Å². The van der Waals surface area contributed by atoms with Crippen LogP contribution in [0.15, 0.2) is 60.7 Å². The molecule has 0 fully saturated rings. The van der Waals surface area contributed by atoms with Crippen molar-refractivity contribution >= 4 is 5.91 Å². The van der Waals surface area contributed by atoms with Gasteiger partial charge in [-0.2, -0.15) is 0 Å². The molecule has 0 saturated carbocycles. The van der Waals surface area contributed by atoms with Gasteiger partial charge in [-0.15, -0.1) is 0 Å². The first kappa shape index (κ1) is 17.2. The fourth-order valence-corrected chi connectivity index (χ4v) is 2.52. The molecule has 1 amide bonds. The van der Waals surface area contributed by atoms with Gasteiger partial charge in [0, 0.05) is 25.6 Å². The van der Waals surface area contributed by atoms with Gasteiger partial charge < -0.3 is 10.6 Å². The predicted octanol–water partition coefficient (Wildman–Crippen LogP) is 3.48. The van der Waals surface area contributed by atoms with E-state index in [-0.39, 0.29) is 11.9 Å². The van der Waals surface area contributed by atoms with E-state index in [1.54, 1.807) is 0 Å². The van der Waals surface area contributed by atoms with E-state index in [1.165, 1.54) is 11.1 Å². The molecule has 0 aromatic heterocycles. The Bertz CT molecular complexity index is 569. The predicted molar refractivity (Wildman–Crippen MR) is 95.2 cm³/mol. The van der Waals surface area contributed by atoms with Crippen LogP contribution in [0.3, 0.4) is 0 Å². The molecule has 0 aliphatic carbocycles. The third-order valence-electron chi connectivity index (χ3n) is 3.91. The summed E-state index contributed by atoms with van der Waals surface area (Å²) in [4.78, 5) is 11.8. The van der Waals surface area contributed by atoms with E-state index in [4.69, 9.17) is 0 Å². The number of hydrogen-bond acceptors (Lipinski definition) is 2. The third-order valence-corrected chi connectivity index (χ3v) is 3.91. The number of carbonyl (C=O) groups is 1. The summed E-state index contributed by atoms with van der Waals surface area (Å²) in [6, 6.07) is 20.9. The van der Waals surface area contributed by atoms with Crippen LogP contribution in [0.4, 0.5) is 0 Å². The highest BCUT2D eigenvalue weighted by Gasteiger charge is 2.05. The molecule has 0 radical (unpaired) electrons. The van der Waals surface area contributed by atoms with E-state index in [9.17, 15) is 4.79 Å². The van der Waals surface area contributed by atoms with Gasteiger partial charge >= 0.3 is 0 Å². The van der Waals surface area contributed by atoms with Gasteiger partial charge in [-0.3, -0.25) is 4.79 Å². The molecule has 122 valence electrons. The van der Waals surface area contributed by atoms with E-state index in [0.717, 1.165) is 19.4 Å². The molecule has 1 unspecified atom stereocenters. The molecular formula is C20H26N2O. The first-order valence-electron chi connectivity index (χ1n) is 8.34. The fourth-order valence-electron chi connectivity index (χ4n) is 2.52. The zero-order chi connectivity index (χ0) is 16.3. The zero-order valence-electron chi connectivity index (χ0n) is 13.8. The molecule has 3 heteroatoms. The monoisotopic (exact) mass is 310 g/mol. The summed E-state index contributed by atoms with van der Waals surface area (Å²) in [5.74, 6) is 0.117. The SMILES string of the molecule is CC(NCCC(=O)NCCCc1ccccc1)c1ccccc1. The molecule has 2 N–H and O–H groups in total. The number of hydrogen-bond donors (Lipinski definition) is 2. The van der Waals surface area contributed by atoms with E-state index in [0.29, 0.717) is 13.0 Å². The molecule has 23 heavy (non-hydrogen) atoms. The Balaban J connectivity index is 1.55. The first-order chi connectivity index (χ1) is 11.3. The molecule has 3 nitrogen and oxygen atoms in total. The quantitative estimate of drug-likeness (QED) is 0.696. The first-order valence-corrected chi connectivity index (χ1v) is 8.34. The van der Waals surface area contributed by atoms with E-state index in [2.05, 4.69) is 41.8 Å². The maximum absolute atomic E-state index is 11.8. The number of aryl methyl sites for hydroxylation is 1. The summed E-state index contributed by atoms with van der Waals surface area (Å²) in [5.41, 5.74) is 2.57. The Hall–Kier alpha value is -2.13. The van der Waals surface area contributed by atoms with Crippen molar-refractivity contribution in [2.24, 2.45) is 0 Å². The average Bonchev–Trinajstić information content (AvgIpc) is 2.60. The summed E-state index contributed by atoms with van der Waals surface area (Å²) in [6.45, 7) is 3.55. The largest absolute Gasteiger partial charge is 0.356 e. The zero-order valence-corrected chi connectivity index (χ0v) is 13.8. The van der Waals surface area contributed by atoms with Gasteiger partial charge in [-0.25, -0.2) is 0 Å². The van der Waals surface area contributed by atoms with Crippen molar-refractivity contribution in [2.75, 3.05) is 13.1 Å². The Labute approximate surface area is 139 Å². The highest BCUT2D eigenvalue weighted by atomic mass is 16.1. The van der Waals surface area contributed by atoms with Gasteiger partial charge in [0.15, 0.2) is 0 Å². The van der Waals surface area contributed by atoms with Crippen LogP contribution in [0.2, 0.25) is 0 Å². The lowest BCUT2D eigenvalue weighted by Crippen LogP contribution is -2.29. The lowest BCUT2D eigenvalue weighted by Gasteiger charge is -2.14. The van der Waals surface area contributed by atoms with E-state index >= 15 is 0 Å². The lowest BCUT2D eigenvalue weighted by atomic mass is 10.1. The molecule has 0 saturated heterocycles. The summed E-state index contributed by atoms with van der Waals surface area (Å²) >= 11 is 0. The highest BCUT2D eigenvalue weighted by Crippen LogP contribution is 2.10. The van der Waals surface area contributed by atoms with Crippen LogP contribution in [0.25, 0.3) is 0 Å².